The second kappa shape index (κ2) is 8.74. The number of benzene rings is 1. The molecule has 7 nitrogen and oxygen atoms in total. The van der Waals surface area contributed by atoms with Crippen LogP contribution in [0.3, 0.4) is 0 Å². The number of aliphatic hydroxyl groups is 1. The molecule has 4 aromatic rings. The van der Waals surface area contributed by atoms with Crippen LogP contribution in [-0.4, -0.2) is 37.3 Å². The van der Waals surface area contributed by atoms with E-state index >= 15 is 0 Å². The summed E-state index contributed by atoms with van der Waals surface area (Å²) in [6.45, 7) is 3.07. The number of anilines is 2. The highest BCUT2D eigenvalue weighted by Crippen LogP contribution is 2.39. The minimum absolute atomic E-state index is 0.229. The van der Waals surface area contributed by atoms with Gasteiger partial charge in [-0.05, 0) is 67.9 Å². The van der Waals surface area contributed by atoms with Gasteiger partial charge in [0.1, 0.15) is 23.6 Å². The maximum absolute atomic E-state index is 10.8. The molecular formula is C25H30N6O. The Hall–Kier alpha value is -3.19. The Balaban J connectivity index is 1.27. The average molecular weight is 431 g/mol. The van der Waals surface area contributed by atoms with Crippen LogP contribution in [0.2, 0.25) is 0 Å². The van der Waals surface area contributed by atoms with Gasteiger partial charge < -0.3 is 20.7 Å². The van der Waals surface area contributed by atoms with Crippen molar-refractivity contribution < 1.29 is 5.11 Å². The summed E-state index contributed by atoms with van der Waals surface area (Å²) in [4.78, 5) is 13.3. The number of nitrogens with zero attached hydrogens (tertiary/aromatic N) is 4. The normalized spacial score (nSPS) is 20.9. The van der Waals surface area contributed by atoms with E-state index in [0.29, 0.717) is 5.82 Å². The van der Waals surface area contributed by atoms with E-state index in [0.717, 1.165) is 66.4 Å². The summed E-state index contributed by atoms with van der Waals surface area (Å²) in [6, 6.07) is 12.9. The summed E-state index contributed by atoms with van der Waals surface area (Å²) in [7, 11) is 0. The van der Waals surface area contributed by atoms with Gasteiger partial charge in [0.2, 0.25) is 0 Å². The number of hydrogen-bond acceptors (Lipinski definition) is 6. The Morgan fingerprint density at radius 2 is 2.03 bits per heavy atom. The van der Waals surface area contributed by atoms with Crippen molar-refractivity contribution in [2.24, 2.45) is 5.92 Å². The molecular weight excluding hydrogens is 400 g/mol. The molecule has 7 heteroatoms. The molecule has 0 radical (unpaired) electrons. The molecule has 1 saturated carbocycles. The van der Waals surface area contributed by atoms with Gasteiger partial charge in [0.05, 0.1) is 17.0 Å². The maximum atomic E-state index is 10.8. The van der Waals surface area contributed by atoms with Crippen LogP contribution in [0.1, 0.15) is 44.2 Å². The molecule has 166 valence electrons. The fourth-order valence-corrected chi connectivity index (χ4v) is 4.92. The molecule has 4 N–H and O–H groups in total. The summed E-state index contributed by atoms with van der Waals surface area (Å²) in [5.41, 5.74) is 9.12. The molecule has 3 aromatic heterocycles. The number of nitrogens with one attached hydrogen (secondary N) is 1. The Labute approximate surface area is 187 Å². The second-order valence-corrected chi connectivity index (χ2v) is 8.86. The topological polar surface area (TPSA) is 102 Å². The molecule has 0 aliphatic heterocycles. The molecule has 0 spiro atoms. The van der Waals surface area contributed by atoms with Crippen LogP contribution in [0.25, 0.3) is 21.9 Å². The lowest BCUT2D eigenvalue weighted by Gasteiger charge is -2.15. The molecule has 32 heavy (non-hydrogen) atoms. The minimum Gasteiger partial charge on any atom is -0.393 e. The quantitative estimate of drug-likeness (QED) is 0.403. The zero-order valence-corrected chi connectivity index (χ0v) is 18.4. The van der Waals surface area contributed by atoms with E-state index < -0.39 is 0 Å². The van der Waals surface area contributed by atoms with Crippen molar-refractivity contribution in [1.82, 2.24) is 19.5 Å². The van der Waals surface area contributed by atoms with Gasteiger partial charge in [-0.15, -0.1) is 0 Å². The average Bonchev–Trinajstić information content (AvgIpc) is 3.40. The van der Waals surface area contributed by atoms with E-state index in [-0.39, 0.29) is 18.1 Å². The zero-order chi connectivity index (χ0) is 22.1. The summed E-state index contributed by atoms with van der Waals surface area (Å²) >= 11 is 0. The molecule has 1 aliphatic rings. The number of aromatic nitrogens is 4. The highest BCUT2D eigenvalue weighted by atomic mass is 16.3. The monoisotopic (exact) mass is 430 g/mol. The predicted octanol–water partition coefficient (Wildman–Crippen LogP) is 4.33. The summed E-state index contributed by atoms with van der Waals surface area (Å²) < 4.78 is 2.15. The lowest BCUT2D eigenvalue weighted by atomic mass is 9.96. The summed E-state index contributed by atoms with van der Waals surface area (Å²) in [5.74, 6) is 1.69. The van der Waals surface area contributed by atoms with Crippen molar-refractivity contribution in [3.8, 4) is 0 Å². The Bertz CT molecular complexity index is 1240. The van der Waals surface area contributed by atoms with Gasteiger partial charge in [-0.2, -0.15) is 0 Å². The third kappa shape index (κ3) is 4.00. The first-order valence-electron chi connectivity index (χ1n) is 11.5. The van der Waals surface area contributed by atoms with Crippen LogP contribution >= 0.6 is 0 Å². The first-order valence-corrected chi connectivity index (χ1v) is 11.5. The molecule has 0 unspecified atom stereocenters. The van der Waals surface area contributed by atoms with Crippen LogP contribution < -0.4 is 11.1 Å². The van der Waals surface area contributed by atoms with Gasteiger partial charge >= 0.3 is 0 Å². The smallest absolute Gasteiger partial charge is 0.145 e. The van der Waals surface area contributed by atoms with Crippen LogP contribution in [0.4, 0.5) is 11.6 Å². The van der Waals surface area contributed by atoms with Crippen molar-refractivity contribution >= 4 is 33.6 Å². The van der Waals surface area contributed by atoms with Gasteiger partial charge in [-0.3, -0.25) is 0 Å². The van der Waals surface area contributed by atoms with E-state index in [4.69, 9.17) is 10.7 Å². The summed E-state index contributed by atoms with van der Waals surface area (Å²) in [5, 5.41) is 16.1. The number of fused-ring (bicyclic) bond motifs is 2. The highest BCUT2D eigenvalue weighted by Gasteiger charge is 2.34. The molecule has 3 atom stereocenters. The third-order valence-corrected chi connectivity index (χ3v) is 6.68. The lowest BCUT2D eigenvalue weighted by Crippen LogP contribution is -2.13. The molecule has 3 heterocycles. The SMILES string of the molecule is CCCNc1ccc2ccc(CC[C@H]3C[C@@H](n4ccc5c(N)ncnc54)C[C@@H]3O)cc2n1. The molecule has 1 aromatic carbocycles. The van der Waals surface area contributed by atoms with Crippen LogP contribution in [0.5, 0.6) is 0 Å². The van der Waals surface area contributed by atoms with Crippen molar-refractivity contribution in [2.45, 2.75) is 51.2 Å². The zero-order valence-electron chi connectivity index (χ0n) is 18.4. The Morgan fingerprint density at radius 3 is 2.91 bits per heavy atom. The van der Waals surface area contributed by atoms with Crippen molar-refractivity contribution in [2.75, 3.05) is 17.6 Å². The van der Waals surface area contributed by atoms with Crippen LogP contribution in [0.15, 0.2) is 48.9 Å². The molecule has 1 fully saturated rings. The number of rotatable bonds is 7. The first-order chi connectivity index (χ1) is 15.6. The molecule has 0 bridgehead atoms. The van der Waals surface area contributed by atoms with Crippen molar-refractivity contribution in [1.29, 1.82) is 0 Å². The first kappa shape index (κ1) is 20.7. The van der Waals surface area contributed by atoms with Gasteiger partial charge in [0.15, 0.2) is 0 Å². The van der Waals surface area contributed by atoms with Gasteiger partial charge in [-0.25, -0.2) is 15.0 Å². The standard InChI is InChI=1S/C25H30N6O/c1-2-10-27-23-8-7-17-5-3-16(12-21(17)30-23)4-6-18-13-19(14-22(18)32)31-11-9-20-24(26)28-15-29-25(20)31/h3,5,7-9,11-12,15,18-19,22,32H,2,4,6,10,13-14H2,1H3,(H,27,30)(H2,26,28,29)/t18-,19+,22-/m0/s1. The third-order valence-electron chi connectivity index (χ3n) is 6.68. The number of aliphatic hydroxyl groups excluding tert-OH is 1. The summed E-state index contributed by atoms with van der Waals surface area (Å²) in [6.07, 6.45) is 7.86. The van der Waals surface area contributed by atoms with Crippen molar-refractivity contribution in [3.63, 3.8) is 0 Å². The lowest BCUT2D eigenvalue weighted by molar-refractivity contribution is 0.127. The van der Waals surface area contributed by atoms with E-state index in [1.807, 2.05) is 18.3 Å². The van der Waals surface area contributed by atoms with E-state index in [1.54, 1.807) is 0 Å². The number of nitrogens with two attached hydrogens (primary N) is 1. The number of nitrogen functional groups attached to an aromatic ring is 1. The number of pyridine rings is 1. The fourth-order valence-electron chi connectivity index (χ4n) is 4.92. The largest absolute Gasteiger partial charge is 0.393 e. The van der Waals surface area contributed by atoms with E-state index in [1.165, 1.54) is 11.9 Å². The Morgan fingerprint density at radius 1 is 1.16 bits per heavy atom. The fraction of sp³-hybridized carbons (Fsp3) is 0.400. The van der Waals surface area contributed by atoms with Gasteiger partial charge in [0, 0.05) is 24.2 Å². The predicted molar refractivity (Wildman–Crippen MR) is 129 cm³/mol. The van der Waals surface area contributed by atoms with Crippen LogP contribution in [-0.2, 0) is 6.42 Å². The van der Waals surface area contributed by atoms with E-state index in [2.05, 4.69) is 51.0 Å². The number of hydrogen-bond donors (Lipinski definition) is 3. The minimum atomic E-state index is -0.305. The van der Waals surface area contributed by atoms with E-state index in [9.17, 15) is 5.11 Å². The molecule has 5 rings (SSSR count). The maximum Gasteiger partial charge on any atom is 0.145 e. The van der Waals surface area contributed by atoms with Gasteiger partial charge in [-0.1, -0.05) is 19.1 Å². The molecule has 0 saturated heterocycles. The van der Waals surface area contributed by atoms with Crippen molar-refractivity contribution in [3.05, 3.63) is 54.5 Å². The molecule has 1 aliphatic carbocycles. The second-order valence-electron chi connectivity index (χ2n) is 8.86. The Kier molecular flexibility index (Phi) is 5.66. The van der Waals surface area contributed by atoms with Gasteiger partial charge in [0.25, 0.3) is 0 Å². The molecule has 0 amide bonds. The van der Waals surface area contributed by atoms with Crippen LogP contribution in [0, 0.1) is 5.92 Å². The highest BCUT2D eigenvalue weighted by molar-refractivity contribution is 5.86. The number of aryl methyl sites for hydroxylation is 1.